The molecule has 3 nitrogen and oxygen atoms in total. The number of methoxy groups -OCH3 is 1. The maximum absolute atomic E-state index is 5.69. The van der Waals surface area contributed by atoms with Crippen molar-refractivity contribution in [1.29, 1.82) is 0 Å². The van der Waals surface area contributed by atoms with Crippen LogP contribution in [0, 0.1) is 0 Å². The number of anilines is 1. The van der Waals surface area contributed by atoms with Crippen LogP contribution in [-0.4, -0.2) is 7.11 Å². The average Bonchev–Trinajstić information content (AvgIpc) is 2.38. The molecule has 96 valence electrons. The Labute approximate surface area is 113 Å². The number of hydrogen-bond acceptors (Lipinski definition) is 3. The molecule has 0 aliphatic heterocycles. The summed E-state index contributed by atoms with van der Waals surface area (Å²) in [5.74, 6) is 1.35. The highest BCUT2D eigenvalue weighted by molar-refractivity contribution is 5.85. The third kappa shape index (κ3) is 3.57. The Morgan fingerprint density at radius 1 is 1.00 bits per heavy atom. The number of nitrogens with two attached hydrogens (primary N) is 1. The van der Waals surface area contributed by atoms with Crippen molar-refractivity contribution in [2.75, 3.05) is 12.8 Å². The minimum Gasteiger partial charge on any atom is -0.493 e. The molecule has 0 atom stereocenters. The van der Waals surface area contributed by atoms with Gasteiger partial charge in [-0.15, -0.1) is 12.4 Å². The molecule has 0 spiro atoms. The number of nitrogen functional groups attached to an aromatic ring is 1. The van der Waals surface area contributed by atoms with Gasteiger partial charge in [-0.3, -0.25) is 0 Å². The standard InChI is InChI=1S/C14H15NO2.ClH/c1-16-14-9-12(15)7-8-13(14)17-10-11-5-3-2-4-6-11;/h2-9H,10,15H2,1H3;1H. The first-order chi connectivity index (χ1) is 8.29. The number of rotatable bonds is 4. The van der Waals surface area contributed by atoms with Gasteiger partial charge >= 0.3 is 0 Å². The van der Waals surface area contributed by atoms with Crippen molar-refractivity contribution < 1.29 is 9.47 Å². The number of ether oxygens (including phenoxy) is 2. The lowest BCUT2D eigenvalue weighted by Gasteiger charge is -2.11. The molecule has 2 aromatic rings. The Morgan fingerprint density at radius 2 is 1.72 bits per heavy atom. The van der Waals surface area contributed by atoms with Crippen LogP contribution in [0.3, 0.4) is 0 Å². The molecular weight excluding hydrogens is 250 g/mol. The summed E-state index contributed by atoms with van der Waals surface area (Å²) in [5, 5.41) is 0. The largest absolute Gasteiger partial charge is 0.493 e. The molecule has 0 radical (unpaired) electrons. The molecular formula is C14H16ClNO2. The summed E-state index contributed by atoms with van der Waals surface area (Å²) >= 11 is 0. The van der Waals surface area contributed by atoms with Gasteiger partial charge in [0.2, 0.25) is 0 Å². The lowest BCUT2D eigenvalue weighted by Crippen LogP contribution is -1.98. The molecule has 0 saturated heterocycles. The lowest BCUT2D eigenvalue weighted by atomic mass is 10.2. The highest BCUT2D eigenvalue weighted by atomic mass is 35.5. The highest BCUT2D eigenvalue weighted by Crippen LogP contribution is 2.29. The Hall–Kier alpha value is -1.87. The van der Waals surface area contributed by atoms with Gasteiger partial charge in [0.15, 0.2) is 11.5 Å². The van der Waals surface area contributed by atoms with Crippen molar-refractivity contribution in [3.8, 4) is 11.5 Å². The smallest absolute Gasteiger partial charge is 0.162 e. The summed E-state index contributed by atoms with van der Waals surface area (Å²) in [6.07, 6.45) is 0. The van der Waals surface area contributed by atoms with Gasteiger partial charge in [0.05, 0.1) is 7.11 Å². The van der Waals surface area contributed by atoms with Crippen LogP contribution in [0.5, 0.6) is 11.5 Å². The van der Waals surface area contributed by atoms with E-state index < -0.39 is 0 Å². The summed E-state index contributed by atoms with van der Waals surface area (Å²) in [6.45, 7) is 0.515. The van der Waals surface area contributed by atoms with E-state index in [0.717, 1.165) is 5.56 Å². The van der Waals surface area contributed by atoms with Gasteiger partial charge in [0, 0.05) is 11.8 Å². The van der Waals surface area contributed by atoms with Crippen LogP contribution < -0.4 is 15.2 Å². The van der Waals surface area contributed by atoms with Crippen LogP contribution in [0.1, 0.15) is 5.56 Å². The zero-order chi connectivity index (χ0) is 12.1. The van der Waals surface area contributed by atoms with E-state index in [1.165, 1.54) is 0 Å². The Morgan fingerprint density at radius 3 is 2.39 bits per heavy atom. The fourth-order valence-electron chi connectivity index (χ4n) is 1.54. The van der Waals surface area contributed by atoms with E-state index in [4.69, 9.17) is 15.2 Å². The van der Waals surface area contributed by atoms with Gasteiger partial charge in [-0.05, 0) is 17.7 Å². The molecule has 0 bridgehead atoms. The zero-order valence-corrected chi connectivity index (χ0v) is 10.9. The highest BCUT2D eigenvalue weighted by Gasteiger charge is 2.04. The molecule has 2 N–H and O–H groups in total. The molecule has 18 heavy (non-hydrogen) atoms. The first-order valence-electron chi connectivity index (χ1n) is 5.40. The third-order valence-corrected chi connectivity index (χ3v) is 2.42. The number of hydrogen-bond donors (Lipinski definition) is 1. The first kappa shape index (κ1) is 14.2. The maximum atomic E-state index is 5.69. The maximum Gasteiger partial charge on any atom is 0.162 e. The molecule has 0 aliphatic carbocycles. The predicted octanol–water partition coefficient (Wildman–Crippen LogP) is 3.28. The van der Waals surface area contributed by atoms with E-state index >= 15 is 0 Å². The summed E-state index contributed by atoms with van der Waals surface area (Å²) < 4.78 is 10.9. The molecule has 0 unspecified atom stereocenters. The van der Waals surface area contributed by atoms with Crippen LogP contribution >= 0.6 is 12.4 Å². The fraction of sp³-hybridized carbons (Fsp3) is 0.143. The van der Waals surface area contributed by atoms with Gasteiger partial charge in [-0.1, -0.05) is 30.3 Å². The van der Waals surface area contributed by atoms with Crippen LogP contribution in [0.2, 0.25) is 0 Å². The van der Waals surface area contributed by atoms with E-state index in [-0.39, 0.29) is 12.4 Å². The number of benzene rings is 2. The van der Waals surface area contributed by atoms with E-state index in [2.05, 4.69) is 0 Å². The van der Waals surface area contributed by atoms with E-state index in [1.807, 2.05) is 36.4 Å². The van der Waals surface area contributed by atoms with Gasteiger partial charge in [-0.2, -0.15) is 0 Å². The van der Waals surface area contributed by atoms with Gasteiger partial charge in [0.25, 0.3) is 0 Å². The van der Waals surface area contributed by atoms with Crippen molar-refractivity contribution in [3.63, 3.8) is 0 Å². The summed E-state index contributed by atoms with van der Waals surface area (Å²) in [7, 11) is 1.60. The Balaban J connectivity index is 0.00000162. The minimum atomic E-state index is 0. The summed E-state index contributed by atoms with van der Waals surface area (Å²) in [4.78, 5) is 0. The topological polar surface area (TPSA) is 44.5 Å². The average molecular weight is 266 g/mol. The Kier molecular flexibility index (Phi) is 5.33. The Bertz CT molecular complexity index is 488. The van der Waals surface area contributed by atoms with Crippen molar-refractivity contribution in [2.45, 2.75) is 6.61 Å². The summed E-state index contributed by atoms with van der Waals surface area (Å²) in [5.41, 5.74) is 7.45. The molecule has 4 heteroatoms. The zero-order valence-electron chi connectivity index (χ0n) is 10.1. The van der Waals surface area contributed by atoms with Crippen LogP contribution in [0.25, 0.3) is 0 Å². The van der Waals surface area contributed by atoms with Crippen LogP contribution in [0.15, 0.2) is 48.5 Å². The fourth-order valence-corrected chi connectivity index (χ4v) is 1.54. The lowest BCUT2D eigenvalue weighted by molar-refractivity contribution is 0.284. The van der Waals surface area contributed by atoms with Gasteiger partial charge < -0.3 is 15.2 Å². The second kappa shape index (κ2) is 6.77. The van der Waals surface area contributed by atoms with Crippen molar-refractivity contribution in [1.82, 2.24) is 0 Å². The normalized spacial score (nSPS) is 9.39. The number of halogens is 1. The molecule has 0 fully saturated rings. The van der Waals surface area contributed by atoms with Crippen molar-refractivity contribution in [3.05, 3.63) is 54.1 Å². The van der Waals surface area contributed by atoms with E-state index in [9.17, 15) is 0 Å². The molecule has 0 aromatic heterocycles. The third-order valence-electron chi connectivity index (χ3n) is 2.42. The molecule has 2 rings (SSSR count). The molecule has 0 heterocycles. The molecule has 0 amide bonds. The monoisotopic (exact) mass is 265 g/mol. The van der Waals surface area contributed by atoms with Crippen molar-refractivity contribution >= 4 is 18.1 Å². The molecule has 2 aromatic carbocycles. The summed E-state index contributed by atoms with van der Waals surface area (Å²) in [6, 6.07) is 15.3. The van der Waals surface area contributed by atoms with Crippen LogP contribution in [-0.2, 0) is 6.61 Å². The van der Waals surface area contributed by atoms with E-state index in [0.29, 0.717) is 23.8 Å². The van der Waals surface area contributed by atoms with Gasteiger partial charge in [-0.25, -0.2) is 0 Å². The quantitative estimate of drug-likeness (QED) is 0.863. The van der Waals surface area contributed by atoms with Crippen molar-refractivity contribution in [2.24, 2.45) is 0 Å². The van der Waals surface area contributed by atoms with Gasteiger partial charge in [0.1, 0.15) is 6.61 Å². The second-order valence-corrected chi connectivity index (χ2v) is 3.68. The second-order valence-electron chi connectivity index (χ2n) is 3.68. The predicted molar refractivity (Wildman–Crippen MR) is 75.4 cm³/mol. The first-order valence-corrected chi connectivity index (χ1v) is 5.40. The molecule has 0 aliphatic rings. The minimum absolute atomic E-state index is 0. The van der Waals surface area contributed by atoms with E-state index in [1.54, 1.807) is 19.2 Å². The SMILES string of the molecule is COc1cc(N)ccc1OCc1ccccc1.Cl. The molecule has 0 saturated carbocycles. The van der Waals surface area contributed by atoms with Crippen LogP contribution in [0.4, 0.5) is 5.69 Å².